The summed E-state index contributed by atoms with van der Waals surface area (Å²) in [5, 5.41) is 7.20. The van der Waals surface area contributed by atoms with Crippen molar-refractivity contribution in [3.63, 3.8) is 0 Å². The third-order valence-electron chi connectivity index (χ3n) is 3.94. The summed E-state index contributed by atoms with van der Waals surface area (Å²) in [6.45, 7) is 4.24. The van der Waals surface area contributed by atoms with Gasteiger partial charge in [0, 0.05) is 39.8 Å². The van der Waals surface area contributed by atoms with E-state index in [1.807, 2.05) is 4.90 Å². The van der Waals surface area contributed by atoms with Gasteiger partial charge in [0.2, 0.25) is 0 Å². The van der Waals surface area contributed by atoms with Crippen molar-refractivity contribution in [1.82, 2.24) is 29.9 Å². The molecule has 0 radical (unpaired) electrons. The number of rotatable bonds is 4. The van der Waals surface area contributed by atoms with Crippen LogP contribution in [0.2, 0.25) is 0 Å². The maximum Gasteiger partial charge on any atom is 0.403 e. The highest BCUT2D eigenvalue weighted by atomic mass is 19.4. The van der Waals surface area contributed by atoms with Crippen molar-refractivity contribution in [2.75, 3.05) is 39.8 Å². The summed E-state index contributed by atoms with van der Waals surface area (Å²) in [4.78, 5) is 11.5. The molecule has 1 aromatic heterocycles. The largest absolute Gasteiger partial charge is 0.403 e. The Labute approximate surface area is 133 Å². The lowest BCUT2D eigenvalue weighted by Gasteiger charge is -2.39. The van der Waals surface area contributed by atoms with Crippen LogP contribution in [-0.4, -0.2) is 82.5 Å². The molecule has 1 unspecified atom stereocenters. The first-order valence-corrected chi connectivity index (χ1v) is 7.50. The molecule has 1 N–H and O–H groups in total. The lowest BCUT2D eigenvalue weighted by Crippen LogP contribution is -2.56. The fraction of sp³-hybridized carbons (Fsp3) is 0.769. The van der Waals surface area contributed by atoms with Crippen molar-refractivity contribution in [2.24, 2.45) is 4.99 Å². The number of nitrogens with one attached hydrogen (secondary N) is 1. The van der Waals surface area contributed by atoms with E-state index in [0.29, 0.717) is 45.2 Å². The highest BCUT2D eigenvalue weighted by Crippen LogP contribution is 2.25. The van der Waals surface area contributed by atoms with E-state index in [-0.39, 0.29) is 0 Å². The molecular weight excluding hydrogens is 311 g/mol. The van der Waals surface area contributed by atoms with E-state index in [1.54, 1.807) is 18.1 Å². The van der Waals surface area contributed by atoms with Gasteiger partial charge >= 0.3 is 6.18 Å². The predicted molar refractivity (Wildman–Crippen MR) is 80.0 cm³/mol. The SMILES string of the molecule is CN=C(NCCn1cncn1)N1CCN(C(C)C(F)(F)F)CC1. The van der Waals surface area contributed by atoms with Crippen LogP contribution in [0.3, 0.4) is 0 Å². The molecule has 2 heterocycles. The topological polar surface area (TPSA) is 61.6 Å². The average Bonchev–Trinajstić information content (AvgIpc) is 3.03. The number of nitrogens with zero attached hydrogens (tertiary/aromatic N) is 6. The summed E-state index contributed by atoms with van der Waals surface area (Å²) < 4.78 is 40.0. The smallest absolute Gasteiger partial charge is 0.354 e. The summed E-state index contributed by atoms with van der Waals surface area (Å²) in [5.41, 5.74) is 0. The predicted octanol–water partition coefficient (Wildman–Crippen LogP) is 0.422. The summed E-state index contributed by atoms with van der Waals surface area (Å²) in [6.07, 6.45) is -1.09. The Bertz CT molecular complexity index is 492. The summed E-state index contributed by atoms with van der Waals surface area (Å²) in [7, 11) is 1.67. The number of aliphatic imine (C=N–C) groups is 1. The van der Waals surface area contributed by atoms with Gasteiger partial charge in [-0.05, 0) is 6.92 Å². The van der Waals surface area contributed by atoms with E-state index < -0.39 is 12.2 Å². The number of guanidine groups is 1. The molecule has 0 aliphatic carbocycles. The molecule has 0 bridgehead atoms. The lowest BCUT2D eigenvalue weighted by atomic mass is 10.2. The quantitative estimate of drug-likeness (QED) is 0.639. The second kappa shape index (κ2) is 7.62. The number of halogens is 3. The van der Waals surface area contributed by atoms with Gasteiger partial charge < -0.3 is 10.2 Å². The van der Waals surface area contributed by atoms with Gasteiger partial charge in [-0.25, -0.2) is 4.98 Å². The molecule has 23 heavy (non-hydrogen) atoms. The minimum absolute atomic E-state index is 0.366. The van der Waals surface area contributed by atoms with E-state index >= 15 is 0 Å². The van der Waals surface area contributed by atoms with Crippen molar-refractivity contribution in [3.8, 4) is 0 Å². The summed E-state index contributed by atoms with van der Waals surface area (Å²) >= 11 is 0. The molecule has 2 rings (SSSR count). The molecule has 0 aromatic carbocycles. The Morgan fingerprint density at radius 2 is 2.00 bits per heavy atom. The number of hydrogen-bond donors (Lipinski definition) is 1. The van der Waals surface area contributed by atoms with Gasteiger partial charge in [0.15, 0.2) is 5.96 Å². The number of alkyl halides is 3. The van der Waals surface area contributed by atoms with Gasteiger partial charge in [0.25, 0.3) is 0 Å². The van der Waals surface area contributed by atoms with Crippen LogP contribution in [0, 0.1) is 0 Å². The Morgan fingerprint density at radius 3 is 2.52 bits per heavy atom. The fourth-order valence-electron chi connectivity index (χ4n) is 2.49. The minimum atomic E-state index is -4.18. The van der Waals surface area contributed by atoms with Crippen molar-refractivity contribution in [1.29, 1.82) is 0 Å². The van der Waals surface area contributed by atoms with Crippen LogP contribution in [0.4, 0.5) is 13.2 Å². The molecule has 1 fully saturated rings. The van der Waals surface area contributed by atoms with Gasteiger partial charge in [-0.1, -0.05) is 0 Å². The molecule has 130 valence electrons. The van der Waals surface area contributed by atoms with E-state index in [1.165, 1.54) is 18.2 Å². The van der Waals surface area contributed by atoms with E-state index in [0.717, 1.165) is 0 Å². The first-order valence-electron chi connectivity index (χ1n) is 7.50. The van der Waals surface area contributed by atoms with Gasteiger partial charge in [0.05, 0.1) is 6.54 Å². The lowest BCUT2D eigenvalue weighted by molar-refractivity contribution is -0.181. The molecule has 1 saturated heterocycles. The van der Waals surface area contributed by atoms with E-state index in [2.05, 4.69) is 20.4 Å². The first-order chi connectivity index (χ1) is 10.9. The Hall–Kier alpha value is -1.84. The first kappa shape index (κ1) is 17.5. The molecule has 0 saturated carbocycles. The van der Waals surface area contributed by atoms with E-state index in [9.17, 15) is 13.2 Å². The van der Waals surface area contributed by atoms with Gasteiger partial charge in [0.1, 0.15) is 18.7 Å². The zero-order valence-electron chi connectivity index (χ0n) is 13.3. The number of piperazine rings is 1. The molecule has 0 spiro atoms. The molecule has 0 amide bonds. The molecule has 1 atom stereocenters. The maximum atomic E-state index is 12.8. The third kappa shape index (κ3) is 4.81. The normalized spacial score (nSPS) is 19.0. The third-order valence-corrected chi connectivity index (χ3v) is 3.94. The summed E-state index contributed by atoms with van der Waals surface area (Å²) in [6, 6.07) is -1.41. The molecule has 1 aromatic rings. The number of aromatic nitrogens is 3. The Kier molecular flexibility index (Phi) is 5.80. The van der Waals surface area contributed by atoms with E-state index in [4.69, 9.17) is 0 Å². The molecule has 10 heteroatoms. The second-order valence-corrected chi connectivity index (χ2v) is 5.37. The zero-order chi connectivity index (χ0) is 16.9. The van der Waals surface area contributed by atoms with Gasteiger partial charge in [-0.3, -0.25) is 14.6 Å². The van der Waals surface area contributed by atoms with Crippen LogP contribution in [0.1, 0.15) is 6.92 Å². The standard InChI is InChI=1S/C13H22F3N7/c1-11(13(14,15)16)21-5-7-22(8-6-21)12(17-2)19-3-4-23-10-18-9-20-23/h9-11H,3-8H2,1-2H3,(H,17,19). The van der Waals surface area contributed by atoms with Gasteiger partial charge in [-0.15, -0.1) is 0 Å². The van der Waals surface area contributed by atoms with Gasteiger partial charge in [-0.2, -0.15) is 18.3 Å². The Morgan fingerprint density at radius 1 is 1.30 bits per heavy atom. The van der Waals surface area contributed by atoms with Crippen LogP contribution < -0.4 is 5.32 Å². The van der Waals surface area contributed by atoms with Crippen molar-refractivity contribution in [3.05, 3.63) is 12.7 Å². The molecule has 7 nitrogen and oxygen atoms in total. The highest BCUT2D eigenvalue weighted by Gasteiger charge is 2.41. The molecule has 1 aliphatic heterocycles. The van der Waals surface area contributed by atoms with Crippen LogP contribution in [-0.2, 0) is 6.54 Å². The minimum Gasteiger partial charge on any atom is -0.354 e. The fourth-order valence-corrected chi connectivity index (χ4v) is 2.49. The van der Waals surface area contributed by atoms with Crippen LogP contribution in [0.25, 0.3) is 0 Å². The van der Waals surface area contributed by atoms with Crippen molar-refractivity contribution in [2.45, 2.75) is 25.7 Å². The van der Waals surface area contributed by atoms with Crippen LogP contribution in [0.15, 0.2) is 17.6 Å². The molecular formula is C13H22F3N7. The summed E-state index contributed by atoms with van der Waals surface area (Å²) in [5.74, 6) is 0.699. The Balaban J connectivity index is 1.78. The maximum absolute atomic E-state index is 12.8. The number of hydrogen-bond acceptors (Lipinski definition) is 4. The monoisotopic (exact) mass is 333 g/mol. The second-order valence-electron chi connectivity index (χ2n) is 5.37. The zero-order valence-corrected chi connectivity index (χ0v) is 13.3. The van der Waals surface area contributed by atoms with Crippen LogP contribution in [0.5, 0.6) is 0 Å². The van der Waals surface area contributed by atoms with Crippen molar-refractivity contribution >= 4 is 5.96 Å². The van der Waals surface area contributed by atoms with Crippen LogP contribution >= 0.6 is 0 Å². The van der Waals surface area contributed by atoms with Crippen molar-refractivity contribution < 1.29 is 13.2 Å². The molecule has 1 aliphatic rings. The highest BCUT2D eigenvalue weighted by molar-refractivity contribution is 5.79. The average molecular weight is 333 g/mol.